The Kier molecular flexibility index (Phi) is 6.66. The Bertz CT molecular complexity index is 1010. The molecule has 10 nitrogen and oxygen atoms in total. The van der Waals surface area contributed by atoms with Crippen LogP contribution in [0.3, 0.4) is 0 Å². The number of piperazine rings is 1. The van der Waals surface area contributed by atoms with E-state index in [4.69, 9.17) is 9.47 Å². The smallest absolute Gasteiger partial charge is 0.379 e. The van der Waals surface area contributed by atoms with Gasteiger partial charge >= 0.3 is 6.18 Å². The standard InChI is InChI=1S/C19H28F3N5O5S/c1-14-12-32-9-6-26(14)15-10-16(24-17(28)11-15)27-3-2-23-13-18(27,19(20,21)22)33(29,30)25-4-7-31-8-5-25/h10-11,14,23H,2-9,12-13H2,1H3,(H,24,28). The van der Waals surface area contributed by atoms with E-state index < -0.39 is 33.2 Å². The molecule has 4 heterocycles. The van der Waals surface area contributed by atoms with Crippen molar-refractivity contribution in [3.8, 4) is 0 Å². The second-order valence-electron chi connectivity index (χ2n) is 8.33. The van der Waals surface area contributed by atoms with Crippen molar-refractivity contribution in [3.63, 3.8) is 0 Å². The van der Waals surface area contributed by atoms with Crippen LogP contribution in [0.1, 0.15) is 6.92 Å². The summed E-state index contributed by atoms with van der Waals surface area (Å²) in [5.41, 5.74) is -0.192. The molecule has 0 aliphatic carbocycles. The van der Waals surface area contributed by atoms with E-state index in [1.54, 1.807) is 0 Å². The molecule has 0 saturated carbocycles. The Morgan fingerprint density at radius 3 is 2.45 bits per heavy atom. The Morgan fingerprint density at radius 1 is 1.09 bits per heavy atom. The molecule has 0 radical (unpaired) electrons. The molecule has 3 aliphatic heterocycles. The molecule has 2 unspecified atom stereocenters. The quantitative estimate of drug-likeness (QED) is 0.598. The van der Waals surface area contributed by atoms with Crippen LogP contribution < -0.4 is 20.7 Å². The van der Waals surface area contributed by atoms with Gasteiger partial charge in [0.2, 0.25) is 10.0 Å². The number of aromatic amines is 1. The number of nitrogens with zero attached hydrogens (tertiary/aromatic N) is 3. The van der Waals surface area contributed by atoms with Crippen molar-refractivity contribution >= 4 is 21.5 Å². The van der Waals surface area contributed by atoms with Gasteiger partial charge in [0.25, 0.3) is 10.4 Å². The molecule has 0 amide bonds. The van der Waals surface area contributed by atoms with Crippen LogP contribution in [-0.2, 0) is 19.5 Å². The van der Waals surface area contributed by atoms with Crippen molar-refractivity contribution in [1.29, 1.82) is 0 Å². The molecule has 186 valence electrons. The zero-order chi connectivity index (χ0) is 23.9. The summed E-state index contributed by atoms with van der Waals surface area (Å²) in [4.78, 5) is 14.3. The highest BCUT2D eigenvalue weighted by Crippen LogP contribution is 2.44. The lowest BCUT2D eigenvalue weighted by Crippen LogP contribution is -2.75. The summed E-state index contributed by atoms with van der Waals surface area (Å²) in [6.07, 6.45) is -5.16. The van der Waals surface area contributed by atoms with Gasteiger partial charge in [0.1, 0.15) is 5.82 Å². The molecule has 3 saturated heterocycles. The molecule has 33 heavy (non-hydrogen) atoms. The van der Waals surface area contributed by atoms with Crippen LogP contribution in [0.25, 0.3) is 0 Å². The van der Waals surface area contributed by atoms with Gasteiger partial charge in [-0.15, -0.1) is 0 Å². The van der Waals surface area contributed by atoms with Gasteiger partial charge in [-0.25, -0.2) is 8.42 Å². The number of pyridine rings is 1. The fraction of sp³-hybridized carbons (Fsp3) is 0.737. The van der Waals surface area contributed by atoms with E-state index >= 15 is 0 Å². The summed E-state index contributed by atoms with van der Waals surface area (Å²) in [6.45, 7) is 1.85. The first-order valence-electron chi connectivity index (χ1n) is 10.8. The maximum atomic E-state index is 14.8. The number of nitrogens with one attached hydrogen (secondary N) is 2. The molecule has 3 aliphatic rings. The fourth-order valence-corrected chi connectivity index (χ4v) is 6.71. The number of hydrogen-bond acceptors (Lipinski definition) is 8. The van der Waals surface area contributed by atoms with Crippen LogP contribution in [-0.4, -0.2) is 100 Å². The zero-order valence-electron chi connectivity index (χ0n) is 18.2. The van der Waals surface area contributed by atoms with E-state index in [2.05, 4.69) is 10.3 Å². The maximum absolute atomic E-state index is 14.8. The van der Waals surface area contributed by atoms with E-state index in [1.165, 1.54) is 12.1 Å². The second kappa shape index (κ2) is 9.06. The summed E-state index contributed by atoms with van der Waals surface area (Å²) in [5, 5.41) is 2.61. The average Bonchev–Trinajstić information content (AvgIpc) is 2.78. The van der Waals surface area contributed by atoms with E-state index in [-0.39, 0.29) is 51.3 Å². The van der Waals surface area contributed by atoms with Gasteiger partial charge < -0.3 is 29.6 Å². The lowest BCUT2D eigenvalue weighted by atomic mass is 10.1. The number of aromatic nitrogens is 1. The van der Waals surface area contributed by atoms with Gasteiger partial charge in [-0.05, 0) is 6.92 Å². The predicted molar refractivity (Wildman–Crippen MR) is 115 cm³/mol. The Balaban J connectivity index is 1.83. The molecular weight excluding hydrogens is 467 g/mol. The monoisotopic (exact) mass is 495 g/mol. The van der Waals surface area contributed by atoms with Crippen LogP contribution in [0, 0.1) is 0 Å². The molecular formula is C19H28F3N5O5S. The number of halogens is 3. The van der Waals surface area contributed by atoms with Gasteiger partial charge in [-0.3, -0.25) is 4.79 Å². The minimum absolute atomic E-state index is 0.0157. The largest absolute Gasteiger partial charge is 0.428 e. The molecule has 14 heteroatoms. The van der Waals surface area contributed by atoms with Gasteiger partial charge in [-0.2, -0.15) is 17.5 Å². The predicted octanol–water partition coefficient (Wildman–Crippen LogP) is -0.0698. The van der Waals surface area contributed by atoms with E-state index in [0.717, 1.165) is 9.21 Å². The van der Waals surface area contributed by atoms with Crippen molar-refractivity contribution in [2.75, 3.05) is 75.5 Å². The SMILES string of the molecule is CC1COCCN1c1cc(N2CCNCC2(C(F)(F)F)S(=O)(=O)N2CCOCC2)[nH]c(=O)c1. The lowest BCUT2D eigenvalue weighted by molar-refractivity contribution is -0.164. The lowest BCUT2D eigenvalue weighted by Gasteiger charge is -2.49. The highest BCUT2D eigenvalue weighted by Gasteiger charge is 2.70. The maximum Gasteiger partial charge on any atom is 0.428 e. The third-order valence-electron chi connectivity index (χ3n) is 6.30. The van der Waals surface area contributed by atoms with Crippen molar-refractivity contribution < 1.29 is 31.1 Å². The van der Waals surface area contributed by atoms with Crippen molar-refractivity contribution in [2.45, 2.75) is 24.0 Å². The first kappa shape index (κ1) is 24.3. The third kappa shape index (κ3) is 4.22. The highest BCUT2D eigenvalue weighted by atomic mass is 32.2. The van der Waals surface area contributed by atoms with Crippen LogP contribution >= 0.6 is 0 Å². The Labute approximate surface area is 189 Å². The summed E-state index contributed by atoms with van der Waals surface area (Å²) < 4.78 is 82.8. The molecule has 1 aromatic heterocycles. The Morgan fingerprint density at radius 2 is 1.79 bits per heavy atom. The normalized spacial score (nSPS) is 28.2. The van der Waals surface area contributed by atoms with E-state index in [9.17, 15) is 26.4 Å². The molecule has 2 N–H and O–H groups in total. The van der Waals surface area contributed by atoms with Crippen LogP contribution in [0.2, 0.25) is 0 Å². The number of sulfonamides is 1. The minimum Gasteiger partial charge on any atom is -0.379 e. The molecule has 0 bridgehead atoms. The topological polar surface area (TPSA) is 107 Å². The average molecular weight is 496 g/mol. The fourth-order valence-electron chi connectivity index (χ4n) is 4.61. The summed E-state index contributed by atoms with van der Waals surface area (Å²) >= 11 is 0. The first-order valence-corrected chi connectivity index (χ1v) is 12.2. The molecule has 4 rings (SSSR count). The van der Waals surface area contributed by atoms with Gasteiger partial charge in [-0.1, -0.05) is 0 Å². The Hall–Kier alpha value is -1.87. The van der Waals surface area contributed by atoms with Gasteiger partial charge in [0.05, 0.1) is 26.4 Å². The first-order chi connectivity index (χ1) is 15.6. The van der Waals surface area contributed by atoms with Gasteiger partial charge in [0, 0.05) is 63.1 Å². The molecule has 3 fully saturated rings. The summed E-state index contributed by atoms with van der Waals surface area (Å²) in [5.74, 6) is -0.188. The van der Waals surface area contributed by atoms with Gasteiger partial charge in [0.15, 0.2) is 0 Å². The van der Waals surface area contributed by atoms with E-state index in [0.29, 0.717) is 25.4 Å². The van der Waals surface area contributed by atoms with Crippen molar-refractivity contribution in [1.82, 2.24) is 14.6 Å². The second-order valence-corrected chi connectivity index (χ2v) is 10.5. The van der Waals surface area contributed by atoms with E-state index in [1.807, 2.05) is 11.8 Å². The van der Waals surface area contributed by atoms with Crippen molar-refractivity contribution in [3.05, 3.63) is 22.5 Å². The van der Waals surface area contributed by atoms with Crippen molar-refractivity contribution in [2.24, 2.45) is 0 Å². The summed E-state index contributed by atoms with van der Waals surface area (Å²) in [7, 11) is -4.93. The van der Waals surface area contributed by atoms with Crippen LogP contribution in [0.5, 0.6) is 0 Å². The highest BCUT2D eigenvalue weighted by molar-refractivity contribution is 7.90. The molecule has 2 atom stereocenters. The summed E-state index contributed by atoms with van der Waals surface area (Å²) in [6, 6.07) is 2.63. The van der Waals surface area contributed by atoms with Crippen LogP contribution in [0.15, 0.2) is 16.9 Å². The zero-order valence-corrected chi connectivity index (χ0v) is 19.0. The number of hydrogen-bond donors (Lipinski definition) is 2. The molecule has 0 spiro atoms. The molecule has 0 aromatic carbocycles. The van der Waals surface area contributed by atoms with Crippen LogP contribution in [0.4, 0.5) is 24.7 Å². The minimum atomic E-state index is -5.16. The number of morpholine rings is 2. The number of rotatable bonds is 4. The number of H-pyrrole nitrogens is 1. The number of ether oxygens (including phenoxy) is 2. The third-order valence-corrected chi connectivity index (χ3v) is 8.79. The molecule has 1 aromatic rings. The number of alkyl halides is 3. The number of anilines is 2.